The predicted octanol–water partition coefficient (Wildman–Crippen LogP) is 0.508. The zero-order chi connectivity index (χ0) is 16.3. The van der Waals surface area contributed by atoms with E-state index in [1.165, 1.54) is 0 Å². The Morgan fingerprint density at radius 2 is 2.09 bits per heavy atom. The number of amides is 1. The molecule has 22 heavy (non-hydrogen) atoms. The van der Waals surface area contributed by atoms with E-state index >= 15 is 0 Å². The van der Waals surface area contributed by atoms with Crippen LogP contribution in [0.3, 0.4) is 0 Å². The molecule has 0 aliphatic carbocycles. The molecule has 0 bridgehead atoms. The van der Waals surface area contributed by atoms with Gasteiger partial charge in [-0.25, -0.2) is 13.9 Å². The monoisotopic (exact) mass is 314 g/mol. The number of aryl methyl sites for hydroxylation is 1. The molecule has 6 nitrogen and oxygen atoms in total. The minimum Gasteiger partial charge on any atom is -0.350 e. The Kier molecular flexibility index (Phi) is 4.90. The van der Waals surface area contributed by atoms with Crippen LogP contribution in [0.15, 0.2) is 4.79 Å². The van der Waals surface area contributed by atoms with Crippen molar-refractivity contribution in [2.45, 2.75) is 51.6 Å². The number of nitrogens with one attached hydrogen (secondary N) is 3. The molecule has 1 unspecified atom stereocenters. The summed E-state index contributed by atoms with van der Waals surface area (Å²) in [7, 11) is 0. The number of halogens is 2. The van der Waals surface area contributed by atoms with Crippen molar-refractivity contribution in [1.29, 1.82) is 0 Å². The number of alkyl halides is 2. The highest BCUT2D eigenvalue weighted by Crippen LogP contribution is 2.25. The van der Waals surface area contributed by atoms with Crippen LogP contribution in [0.4, 0.5) is 8.78 Å². The van der Waals surface area contributed by atoms with Crippen molar-refractivity contribution in [1.82, 2.24) is 20.8 Å². The highest BCUT2D eigenvalue weighted by atomic mass is 19.3. The van der Waals surface area contributed by atoms with Gasteiger partial charge in [-0.15, -0.1) is 0 Å². The molecule has 122 valence electrons. The van der Waals surface area contributed by atoms with Crippen LogP contribution in [0.2, 0.25) is 0 Å². The summed E-state index contributed by atoms with van der Waals surface area (Å²) in [5.41, 5.74) is 1.65. The van der Waals surface area contributed by atoms with Gasteiger partial charge < -0.3 is 5.32 Å². The lowest BCUT2D eigenvalue weighted by molar-refractivity contribution is -0.123. The molecule has 3 N–H and O–H groups in total. The Balaban J connectivity index is 2.09. The first-order valence-corrected chi connectivity index (χ1v) is 7.36. The molecule has 1 saturated heterocycles. The van der Waals surface area contributed by atoms with Gasteiger partial charge in [0.05, 0.1) is 18.3 Å². The van der Waals surface area contributed by atoms with Crippen LogP contribution in [-0.2, 0) is 24.2 Å². The number of hydrogen-bond donors (Lipinski definition) is 3. The smallest absolute Gasteiger partial charge is 0.269 e. The quantitative estimate of drug-likeness (QED) is 0.739. The third-order valence-electron chi connectivity index (χ3n) is 3.83. The van der Waals surface area contributed by atoms with Gasteiger partial charge in [-0.3, -0.25) is 14.9 Å². The van der Waals surface area contributed by atoms with Crippen molar-refractivity contribution in [2.24, 2.45) is 0 Å². The fourth-order valence-corrected chi connectivity index (χ4v) is 2.66. The van der Waals surface area contributed by atoms with Crippen LogP contribution in [0.25, 0.3) is 0 Å². The fourth-order valence-electron chi connectivity index (χ4n) is 2.66. The van der Waals surface area contributed by atoms with Crippen molar-refractivity contribution in [2.75, 3.05) is 6.54 Å². The van der Waals surface area contributed by atoms with Crippen LogP contribution < -0.4 is 16.2 Å². The molecule has 1 atom stereocenters. The molecule has 1 aromatic heterocycles. The highest BCUT2D eigenvalue weighted by molar-refractivity contribution is 5.82. The van der Waals surface area contributed by atoms with E-state index in [4.69, 9.17) is 0 Å². The molecular weight excluding hydrogens is 294 g/mol. The summed E-state index contributed by atoms with van der Waals surface area (Å²) in [6, 6.07) is -0.924. The van der Waals surface area contributed by atoms with E-state index in [1.807, 2.05) is 13.8 Å². The molecule has 2 rings (SSSR count). The minimum absolute atomic E-state index is 0.0105. The molecule has 2 heterocycles. The first-order chi connectivity index (χ1) is 10.4. The molecule has 1 aliphatic rings. The van der Waals surface area contributed by atoms with E-state index in [0.29, 0.717) is 18.4 Å². The summed E-state index contributed by atoms with van der Waals surface area (Å²) < 4.78 is 26.2. The number of rotatable bonds is 5. The second-order valence-electron chi connectivity index (χ2n) is 5.38. The van der Waals surface area contributed by atoms with E-state index in [9.17, 15) is 18.4 Å². The van der Waals surface area contributed by atoms with Gasteiger partial charge in [0.15, 0.2) is 0 Å². The molecular formula is C14H20F2N4O2. The van der Waals surface area contributed by atoms with E-state index in [0.717, 1.165) is 11.3 Å². The molecule has 8 heteroatoms. The van der Waals surface area contributed by atoms with Crippen molar-refractivity contribution in [3.63, 3.8) is 0 Å². The van der Waals surface area contributed by atoms with Crippen LogP contribution in [0.5, 0.6) is 0 Å². The highest BCUT2D eigenvalue weighted by Gasteiger charge is 2.42. The average Bonchev–Trinajstić information content (AvgIpc) is 2.85. The standard InChI is InChI=1S/C14H20F2N4O2/c1-3-8-9(12(21)20-19-10(8)4-2)6-17-13(22)11-5-14(15,16)7-18-11/h11,18H,3-7H2,1-2H3,(H,17,22)(H,20,21). The van der Waals surface area contributed by atoms with Crippen LogP contribution in [0.1, 0.15) is 37.1 Å². The Labute approximate surface area is 126 Å². The van der Waals surface area contributed by atoms with Gasteiger partial charge in [-0.2, -0.15) is 5.10 Å². The number of carbonyl (C=O) groups excluding carboxylic acids is 1. The van der Waals surface area contributed by atoms with Gasteiger partial charge in [-0.1, -0.05) is 13.8 Å². The average molecular weight is 314 g/mol. The number of carbonyl (C=O) groups is 1. The van der Waals surface area contributed by atoms with Gasteiger partial charge in [0, 0.05) is 18.5 Å². The number of nitrogens with zero attached hydrogens (tertiary/aromatic N) is 1. The van der Waals surface area contributed by atoms with E-state index in [-0.39, 0.29) is 12.1 Å². The van der Waals surface area contributed by atoms with Crippen LogP contribution in [0, 0.1) is 0 Å². The first-order valence-electron chi connectivity index (χ1n) is 7.36. The second kappa shape index (κ2) is 6.51. The maximum atomic E-state index is 13.1. The van der Waals surface area contributed by atoms with E-state index < -0.39 is 30.8 Å². The molecule has 0 saturated carbocycles. The van der Waals surface area contributed by atoms with Crippen molar-refractivity contribution < 1.29 is 13.6 Å². The van der Waals surface area contributed by atoms with Crippen molar-refractivity contribution >= 4 is 5.91 Å². The largest absolute Gasteiger partial charge is 0.350 e. The molecule has 1 amide bonds. The maximum Gasteiger partial charge on any atom is 0.269 e. The lowest BCUT2D eigenvalue weighted by atomic mass is 10.0. The lowest BCUT2D eigenvalue weighted by Crippen LogP contribution is -2.41. The van der Waals surface area contributed by atoms with Gasteiger partial charge in [-0.05, 0) is 18.4 Å². The third kappa shape index (κ3) is 3.49. The molecule has 0 aromatic carbocycles. The molecule has 0 spiro atoms. The third-order valence-corrected chi connectivity index (χ3v) is 3.83. The number of aromatic nitrogens is 2. The summed E-state index contributed by atoms with van der Waals surface area (Å²) in [6.45, 7) is 3.34. The lowest BCUT2D eigenvalue weighted by Gasteiger charge is -2.14. The maximum absolute atomic E-state index is 13.1. The van der Waals surface area contributed by atoms with Crippen molar-refractivity contribution in [3.8, 4) is 0 Å². The number of hydrogen-bond acceptors (Lipinski definition) is 4. The number of aromatic amines is 1. The summed E-state index contributed by atoms with van der Waals surface area (Å²) in [4.78, 5) is 23.8. The SMILES string of the molecule is CCc1n[nH]c(=O)c(CNC(=O)C2CC(F)(F)CN2)c1CC. The summed E-state index contributed by atoms with van der Waals surface area (Å²) in [5, 5.41) is 11.4. The van der Waals surface area contributed by atoms with Gasteiger partial charge in [0.2, 0.25) is 5.91 Å². The zero-order valence-electron chi connectivity index (χ0n) is 12.6. The Bertz CT molecular complexity index is 615. The van der Waals surface area contributed by atoms with Crippen molar-refractivity contribution in [3.05, 3.63) is 27.2 Å². The fraction of sp³-hybridized carbons (Fsp3) is 0.643. The number of H-pyrrole nitrogens is 1. The Hall–Kier alpha value is -1.83. The minimum atomic E-state index is -2.86. The van der Waals surface area contributed by atoms with Crippen LogP contribution in [-0.4, -0.2) is 34.6 Å². The van der Waals surface area contributed by atoms with E-state index in [1.54, 1.807) is 0 Å². The second-order valence-corrected chi connectivity index (χ2v) is 5.38. The Morgan fingerprint density at radius 3 is 2.64 bits per heavy atom. The molecule has 1 aromatic rings. The molecule has 1 fully saturated rings. The zero-order valence-corrected chi connectivity index (χ0v) is 12.6. The van der Waals surface area contributed by atoms with Gasteiger partial charge >= 0.3 is 0 Å². The summed E-state index contributed by atoms with van der Waals surface area (Å²) in [5.74, 6) is -3.38. The molecule has 0 radical (unpaired) electrons. The van der Waals surface area contributed by atoms with Crippen LogP contribution >= 0.6 is 0 Å². The first kappa shape index (κ1) is 16.5. The van der Waals surface area contributed by atoms with E-state index in [2.05, 4.69) is 20.8 Å². The van der Waals surface area contributed by atoms with Gasteiger partial charge in [0.25, 0.3) is 11.5 Å². The summed E-state index contributed by atoms with van der Waals surface area (Å²) in [6.07, 6.45) is 0.759. The normalized spacial score (nSPS) is 20.1. The molecule has 1 aliphatic heterocycles. The van der Waals surface area contributed by atoms with Gasteiger partial charge in [0.1, 0.15) is 0 Å². The Morgan fingerprint density at radius 1 is 1.36 bits per heavy atom. The predicted molar refractivity (Wildman–Crippen MR) is 76.8 cm³/mol. The summed E-state index contributed by atoms with van der Waals surface area (Å²) >= 11 is 0. The topological polar surface area (TPSA) is 86.9 Å².